The lowest BCUT2D eigenvalue weighted by Crippen LogP contribution is -2.24. The highest BCUT2D eigenvalue weighted by Gasteiger charge is 2.19. The molecule has 0 aliphatic rings. The predicted molar refractivity (Wildman–Crippen MR) is 76.0 cm³/mol. The predicted octanol–water partition coefficient (Wildman–Crippen LogP) is 1.37. The van der Waals surface area contributed by atoms with E-state index in [0.717, 1.165) is 11.3 Å². The van der Waals surface area contributed by atoms with Crippen LogP contribution >= 0.6 is 11.3 Å². The highest BCUT2D eigenvalue weighted by atomic mass is 32.1. The summed E-state index contributed by atoms with van der Waals surface area (Å²) < 4.78 is 0. The molecule has 2 aromatic heterocycles. The van der Waals surface area contributed by atoms with E-state index < -0.39 is 11.9 Å². The fourth-order valence-corrected chi connectivity index (χ4v) is 2.96. The largest absolute Gasteiger partial charge is 0.477 e. The van der Waals surface area contributed by atoms with E-state index in [9.17, 15) is 9.59 Å². The number of aromatic nitrogens is 2. The SMILES string of the molecule is Cc1c(C(=O)O)sc2ncnc(NC(C)CC(N)=O)c12. The molecule has 4 N–H and O–H groups in total. The van der Waals surface area contributed by atoms with Gasteiger partial charge in [-0.3, -0.25) is 4.79 Å². The molecule has 0 fully saturated rings. The minimum Gasteiger partial charge on any atom is -0.477 e. The van der Waals surface area contributed by atoms with E-state index in [1.165, 1.54) is 6.33 Å². The number of carboxylic acid groups (broad SMARTS) is 1. The lowest BCUT2D eigenvalue weighted by molar-refractivity contribution is -0.118. The maximum Gasteiger partial charge on any atom is 0.346 e. The van der Waals surface area contributed by atoms with Gasteiger partial charge in [0.1, 0.15) is 21.9 Å². The number of nitrogens with two attached hydrogens (primary N) is 1. The highest BCUT2D eigenvalue weighted by Crippen LogP contribution is 2.33. The second-order valence-electron chi connectivity index (χ2n) is 4.48. The Kier molecular flexibility index (Phi) is 3.84. The van der Waals surface area contributed by atoms with E-state index in [1.54, 1.807) is 13.8 Å². The molecule has 0 aliphatic heterocycles. The Hall–Kier alpha value is -2.22. The number of hydrogen-bond donors (Lipinski definition) is 3. The molecule has 106 valence electrons. The van der Waals surface area contributed by atoms with Gasteiger partial charge in [0, 0.05) is 12.5 Å². The molecule has 8 heteroatoms. The number of rotatable bonds is 5. The Balaban J connectivity index is 2.43. The van der Waals surface area contributed by atoms with Crippen molar-refractivity contribution in [3.8, 4) is 0 Å². The molecule has 1 unspecified atom stereocenters. The number of aryl methyl sites for hydroxylation is 1. The number of primary amides is 1. The van der Waals surface area contributed by atoms with E-state index >= 15 is 0 Å². The van der Waals surface area contributed by atoms with Crippen LogP contribution in [0.2, 0.25) is 0 Å². The monoisotopic (exact) mass is 294 g/mol. The molecule has 7 nitrogen and oxygen atoms in total. The molecule has 0 saturated carbocycles. The van der Waals surface area contributed by atoms with Gasteiger partial charge in [-0.1, -0.05) is 0 Å². The summed E-state index contributed by atoms with van der Waals surface area (Å²) in [6.07, 6.45) is 1.53. The van der Waals surface area contributed by atoms with Gasteiger partial charge in [-0.2, -0.15) is 0 Å². The molecule has 1 amide bonds. The Labute approximate surface area is 118 Å². The molecule has 0 aromatic carbocycles. The number of carbonyl (C=O) groups is 2. The number of anilines is 1. The first-order valence-electron chi connectivity index (χ1n) is 5.92. The summed E-state index contributed by atoms with van der Waals surface area (Å²) in [7, 11) is 0. The number of nitrogens with one attached hydrogen (secondary N) is 1. The van der Waals surface area contributed by atoms with Crippen molar-refractivity contribution in [3.05, 3.63) is 16.8 Å². The summed E-state index contributed by atoms with van der Waals surface area (Å²) in [5.41, 5.74) is 5.76. The standard InChI is InChI=1S/C12H14N4O3S/c1-5(3-7(13)17)16-10-8-6(2)9(12(18)19)20-11(8)15-4-14-10/h4-5H,3H2,1-2H3,(H2,13,17)(H,18,19)(H,14,15,16). The van der Waals surface area contributed by atoms with E-state index in [1.807, 2.05) is 0 Å². The Morgan fingerprint density at radius 3 is 2.80 bits per heavy atom. The van der Waals surface area contributed by atoms with Crippen molar-refractivity contribution < 1.29 is 14.7 Å². The van der Waals surface area contributed by atoms with E-state index in [2.05, 4.69) is 15.3 Å². The molecule has 0 spiro atoms. The summed E-state index contributed by atoms with van der Waals surface area (Å²) in [6.45, 7) is 3.52. The number of carboxylic acids is 1. The zero-order valence-corrected chi connectivity index (χ0v) is 11.8. The first-order chi connectivity index (χ1) is 9.40. The van der Waals surface area contributed by atoms with Gasteiger partial charge in [-0.05, 0) is 19.4 Å². The van der Waals surface area contributed by atoms with Crippen LogP contribution < -0.4 is 11.1 Å². The summed E-state index contributed by atoms with van der Waals surface area (Å²) >= 11 is 1.10. The molecular formula is C12H14N4O3S. The van der Waals surface area contributed by atoms with Gasteiger partial charge in [-0.25, -0.2) is 14.8 Å². The lowest BCUT2D eigenvalue weighted by Gasteiger charge is -2.13. The molecule has 2 rings (SSSR count). The van der Waals surface area contributed by atoms with E-state index in [-0.39, 0.29) is 17.3 Å². The number of amides is 1. The third-order valence-corrected chi connectivity index (χ3v) is 4.00. The molecule has 1 atom stereocenters. The molecule has 2 heterocycles. The van der Waals surface area contributed by atoms with Crippen LogP contribution in [-0.4, -0.2) is 33.0 Å². The van der Waals surface area contributed by atoms with Gasteiger partial charge < -0.3 is 16.2 Å². The molecule has 0 aliphatic carbocycles. The van der Waals surface area contributed by atoms with Crippen molar-refractivity contribution in [2.24, 2.45) is 5.73 Å². The lowest BCUT2D eigenvalue weighted by atomic mass is 10.2. The molecule has 20 heavy (non-hydrogen) atoms. The van der Waals surface area contributed by atoms with Crippen LogP contribution in [0.15, 0.2) is 6.33 Å². The van der Waals surface area contributed by atoms with Crippen LogP contribution in [0.5, 0.6) is 0 Å². The highest BCUT2D eigenvalue weighted by molar-refractivity contribution is 7.20. The molecular weight excluding hydrogens is 280 g/mol. The Morgan fingerprint density at radius 1 is 1.50 bits per heavy atom. The first kappa shape index (κ1) is 14.2. The summed E-state index contributed by atoms with van der Waals surface area (Å²) in [6, 6.07) is -0.196. The molecule has 0 radical (unpaired) electrons. The number of nitrogens with zero attached hydrogens (tertiary/aromatic N) is 2. The second-order valence-corrected chi connectivity index (χ2v) is 5.48. The number of thiophene rings is 1. The molecule has 0 bridgehead atoms. The zero-order valence-electron chi connectivity index (χ0n) is 11.0. The van der Waals surface area contributed by atoms with Gasteiger partial charge in [0.25, 0.3) is 0 Å². The van der Waals surface area contributed by atoms with Crippen molar-refractivity contribution in [1.29, 1.82) is 0 Å². The van der Waals surface area contributed by atoms with Crippen molar-refractivity contribution in [2.45, 2.75) is 26.3 Å². The van der Waals surface area contributed by atoms with E-state index in [0.29, 0.717) is 21.6 Å². The van der Waals surface area contributed by atoms with Crippen molar-refractivity contribution in [1.82, 2.24) is 9.97 Å². The normalized spacial score (nSPS) is 12.3. The number of hydrogen-bond acceptors (Lipinski definition) is 6. The maximum atomic E-state index is 11.2. The van der Waals surface area contributed by atoms with Crippen LogP contribution in [0.3, 0.4) is 0 Å². The summed E-state index contributed by atoms with van der Waals surface area (Å²) in [5.74, 6) is -0.879. The quantitative estimate of drug-likeness (QED) is 0.766. The number of aromatic carboxylic acids is 1. The van der Waals surface area contributed by atoms with Crippen LogP contribution in [0.25, 0.3) is 10.2 Å². The topological polar surface area (TPSA) is 118 Å². The summed E-state index contributed by atoms with van der Waals surface area (Å²) in [5, 5.41) is 12.9. The zero-order chi connectivity index (χ0) is 14.9. The average molecular weight is 294 g/mol. The van der Waals surface area contributed by atoms with Crippen molar-refractivity contribution in [2.75, 3.05) is 5.32 Å². The van der Waals surface area contributed by atoms with Crippen LogP contribution in [-0.2, 0) is 4.79 Å². The first-order valence-corrected chi connectivity index (χ1v) is 6.74. The molecule has 2 aromatic rings. The van der Waals surface area contributed by atoms with Crippen LogP contribution in [0, 0.1) is 6.92 Å². The minimum atomic E-state index is -0.985. The Bertz CT molecular complexity index is 683. The smallest absolute Gasteiger partial charge is 0.346 e. The van der Waals surface area contributed by atoms with Crippen LogP contribution in [0.4, 0.5) is 5.82 Å². The number of fused-ring (bicyclic) bond motifs is 1. The third-order valence-electron chi connectivity index (χ3n) is 2.81. The van der Waals surface area contributed by atoms with Crippen LogP contribution in [0.1, 0.15) is 28.6 Å². The van der Waals surface area contributed by atoms with Crippen molar-refractivity contribution >= 4 is 39.2 Å². The van der Waals surface area contributed by atoms with Gasteiger partial charge in [0.15, 0.2) is 0 Å². The molecule has 0 saturated heterocycles. The van der Waals surface area contributed by atoms with Gasteiger partial charge in [0.2, 0.25) is 5.91 Å². The van der Waals surface area contributed by atoms with E-state index in [4.69, 9.17) is 10.8 Å². The third kappa shape index (κ3) is 2.69. The maximum absolute atomic E-state index is 11.2. The minimum absolute atomic E-state index is 0.167. The number of carbonyl (C=O) groups excluding carboxylic acids is 1. The average Bonchev–Trinajstić information content (AvgIpc) is 2.67. The fraction of sp³-hybridized carbons (Fsp3) is 0.333. The van der Waals surface area contributed by atoms with Gasteiger partial charge >= 0.3 is 5.97 Å². The second kappa shape index (κ2) is 5.41. The van der Waals surface area contributed by atoms with Crippen molar-refractivity contribution in [3.63, 3.8) is 0 Å². The Morgan fingerprint density at radius 2 is 2.20 bits per heavy atom. The fourth-order valence-electron chi connectivity index (χ4n) is 1.97. The summed E-state index contributed by atoms with van der Waals surface area (Å²) in [4.78, 5) is 31.1. The van der Waals surface area contributed by atoms with Gasteiger partial charge in [-0.15, -0.1) is 11.3 Å². The van der Waals surface area contributed by atoms with Gasteiger partial charge in [0.05, 0.1) is 5.39 Å².